The van der Waals surface area contributed by atoms with E-state index in [0.29, 0.717) is 18.9 Å². The highest BCUT2D eigenvalue weighted by Crippen LogP contribution is 2.28. The van der Waals surface area contributed by atoms with E-state index in [2.05, 4.69) is 21.5 Å². The summed E-state index contributed by atoms with van der Waals surface area (Å²) in [6.45, 7) is 1.37. The van der Waals surface area contributed by atoms with Gasteiger partial charge in [-0.05, 0) is 32.2 Å². The molecule has 106 valence electrons. The molecule has 1 aromatic rings. The number of aromatic nitrogens is 2. The second-order valence-corrected chi connectivity index (χ2v) is 5.24. The molecule has 1 saturated carbocycles. The maximum absolute atomic E-state index is 12.4. The number of carbonyl (C=O) groups excluding carboxylic acids is 1. The quantitative estimate of drug-likeness (QED) is 0.861. The van der Waals surface area contributed by atoms with Crippen LogP contribution in [0.25, 0.3) is 0 Å². The Morgan fingerprint density at radius 2 is 2.35 bits per heavy atom. The Bertz CT molecular complexity index is 525. The Labute approximate surface area is 116 Å². The van der Waals surface area contributed by atoms with Crippen molar-refractivity contribution in [1.29, 1.82) is 5.26 Å². The average Bonchev–Trinajstić information content (AvgIpc) is 2.97. The van der Waals surface area contributed by atoms with Gasteiger partial charge in [-0.3, -0.25) is 4.79 Å². The monoisotopic (exact) mass is 275 g/mol. The van der Waals surface area contributed by atoms with Gasteiger partial charge in [0.15, 0.2) is 0 Å². The van der Waals surface area contributed by atoms with Crippen LogP contribution in [0, 0.1) is 11.3 Å². The molecule has 7 heteroatoms. The van der Waals surface area contributed by atoms with Gasteiger partial charge in [-0.25, -0.2) is 0 Å². The van der Waals surface area contributed by atoms with Crippen molar-refractivity contribution in [2.45, 2.75) is 44.2 Å². The van der Waals surface area contributed by atoms with Gasteiger partial charge in [-0.15, -0.1) is 0 Å². The van der Waals surface area contributed by atoms with Gasteiger partial charge < -0.3 is 14.7 Å². The van der Waals surface area contributed by atoms with Gasteiger partial charge in [-0.2, -0.15) is 10.2 Å². The van der Waals surface area contributed by atoms with E-state index in [9.17, 15) is 4.79 Å². The van der Waals surface area contributed by atoms with Crippen molar-refractivity contribution in [3.63, 3.8) is 0 Å². The van der Waals surface area contributed by atoms with Crippen LogP contribution in [0.1, 0.15) is 54.7 Å². The topological polar surface area (TPSA) is 95.0 Å². The third-order valence-electron chi connectivity index (χ3n) is 3.70. The van der Waals surface area contributed by atoms with E-state index in [1.165, 1.54) is 0 Å². The first-order chi connectivity index (χ1) is 9.79. The smallest absolute Gasteiger partial charge is 0.295 e. The molecule has 7 nitrogen and oxygen atoms in total. The van der Waals surface area contributed by atoms with E-state index >= 15 is 0 Å². The number of hydrogen-bond donors (Lipinski definition) is 1. The fourth-order valence-corrected chi connectivity index (χ4v) is 2.49. The van der Waals surface area contributed by atoms with E-state index in [-0.39, 0.29) is 23.8 Å². The van der Waals surface area contributed by atoms with Crippen LogP contribution in [-0.4, -0.2) is 40.1 Å². The Kier molecular flexibility index (Phi) is 3.65. The largest absolute Gasteiger partial charge is 0.337 e. The number of nitriles is 1. The summed E-state index contributed by atoms with van der Waals surface area (Å²) in [6.07, 6.45) is 4.35. The molecule has 0 aromatic carbocycles. The van der Waals surface area contributed by atoms with Crippen LogP contribution in [0.4, 0.5) is 0 Å². The zero-order valence-electron chi connectivity index (χ0n) is 11.2. The van der Waals surface area contributed by atoms with Crippen LogP contribution in [0.2, 0.25) is 0 Å². The standard InChI is InChI=1S/C13H17N5O2/c14-6-2-8-18(9-4-5-9)13(19)11-16-12(20-17-11)10-3-1-7-15-10/h9-10,15H,1-5,7-8H2. The molecule has 1 aliphatic carbocycles. The molecule has 20 heavy (non-hydrogen) atoms. The van der Waals surface area contributed by atoms with Crippen molar-refractivity contribution in [2.24, 2.45) is 0 Å². The highest BCUT2D eigenvalue weighted by atomic mass is 16.5. The molecule has 1 aromatic heterocycles. The predicted molar refractivity (Wildman–Crippen MR) is 68.6 cm³/mol. The van der Waals surface area contributed by atoms with Crippen LogP contribution in [-0.2, 0) is 0 Å². The lowest BCUT2D eigenvalue weighted by Crippen LogP contribution is -2.34. The Morgan fingerprint density at radius 3 is 3.00 bits per heavy atom. The van der Waals surface area contributed by atoms with Crippen LogP contribution in [0.15, 0.2) is 4.52 Å². The van der Waals surface area contributed by atoms with E-state index in [1.807, 2.05) is 0 Å². The van der Waals surface area contributed by atoms with Crippen molar-refractivity contribution >= 4 is 5.91 Å². The first-order valence-corrected chi connectivity index (χ1v) is 7.04. The first kappa shape index (κ1) is 13.1. The number of rotatable bonds is 5. The Balaban J connectivity index is 1.70. The summed E-state index contributed by atoms with van der Waals surface area (Å²) >= 11 is 0. The number of hydrogen-bond acceptors (Lipinski definition) is 6. The molecule has 0 radical (unpaired) electrons. The van der Waals surface area contributed by atoms with Crippen LogP contribution in [0.5, 0.6) is 0 Å². The molecular weight excluding hydrogens is 258 g/mol. The van der Waals surface area contributed by atoms with Gasteiger partial charge in [-0.1, -0.05) is 5.16 Å². The zero-order chi connectivity index (χ0) is 13.9. The number of nitrogens with one attached hydrogen (secondary N) is 1. The summed E-state index contributed by atoms with van der Waals surface area (Å²) in [4.78, 5) is 18.3. The highest BCUT2D eigenvalue weighted by molar-refractivity contribution is 5.90. The van der Waals surface area contributed by atoms with E-state index in [0.717, 1.165) is 32.2 Å². The lowest BCUT2D eigenvalue weighted by molar-refractivity contribution is 0.0731. The summed E-state index contributed by atoms with van der Waals surface area (Å²) in [7, 11) is 0. The number of nitrogens with zero attached hydrogens (tertiary/aromatic N) is 4. The van der Waals surface area contributed by atoms with E-state index < -0.39 is 0 Å². The molecule has 1 amide bonds. The average molecular weight is 275 g/mol. The molecule has 2 fully saturated rings. The fraction of sp³-hybridized carbons (Fsp3) is 0.692. The molecule has 0 spiro atoms. The molecule has 2 aliphatic rings. The van der Waals surface area contributed by atoms with E-state index in [4.69, 9.17) is 9.78 Å². The van der Waals surface area contributed by atoms with Gasteiger partial charge in [0, 0.05) is 12.6 Å². The van der Waals surface area contributed by atoms with Crippen molar-refractivity contribution in [3.05, 3.63) is 11.7 Å². The molecule has 1 unspecified atom stereocenters. The Morgan fingerprint density at radius 1 is 1.50 bits per heavy atom. The third kappa shape index (κ3) is 2.65. The zero-order valence-corrected chi connectivity index (χ0v) is 11.2. The van der Waals surface area contributed by atoms with Gasteiger partial charge in [0.05, 0.1) is 18.5 Å². The van der Waals surface area contributed by atoms with Crippen molar-refractivity contribution in [2.75, 3.05) is 13.1 Å². The van der Waals surface area contributed by atoms with Crippen molar-refractivity contribution in [3.8, 4) is 6.07 Å². The van der Waals surface area contributed by atoms with Gasteiger partial charge in [0.25, 0.3) is 11.7 Å². The minimum atomic E-state index is -0.226. The summed E-state index contributed by atoms with van der Waals surface area (Å²) in [5.41, 5.74) is 0. The van der Waals surface area contributed by atoms with Gasteiger partial charge in [0.2, 0.25) is 5.89 Å². The van der Waals surface area contributed by atoms with Crippen molar-refractivity contribution in [1.82, 2.24) is 20.4 Å². The molecular formula is C13H17N5O2. The number of carbonyl (C=O) groups is 1. The third-order valence-corrected chi connectivity index (χ3v) is 3.70. The van der Waals surface area contributed by atoms with E-state index in [1.54, 1.807) is 4.90 Å². The lowest BCUT2D eigenvalue weighted by Gasteiger charge is -2.18. The molecule has 0 bridgehead atoms. The van der Waals surface area contributed by atoms with Crippen LogP contribution < -0.4 is 5.32 Å². The second-order valence-electron chi connectivity index (χ2n) is 5.24. The summed E-state index contributed by atoms with van der Waals surface area (Å²) in [6, 6.07) is 2.37. The summed E-state index contributed by atoms with van der Waals surface area (Å²) in [5, 5.41) is 15.7. The molecule has 1 aliphatic heterocycles. The minimum absolute atomic E-state index is 0.0672. The van der Waals surface area contributed by atoms with Gasteiger partial charge in [0.1, 0.15) is 0 Å². The van der Waals surface area contributed by atoms with Crippen molar-refractivity contribution < 1.29 is 9.32 Å². The minimum Gasteiger partial charge on any atom is -0.337 e. The maximum Gasteiger partial charge on any atom is 0.295 e. The lowest BCUT2D eigenvalue weighted by atomic mass is 10.2. The fourth-order valence-electron chi connectivity index (χ4n) is 2.49. The Hall–Kier alpha value is -1.94. The van der Waals surface area contributed by atoms with Crippen LogP contribution >= 0.6 is 0 Å². The molecule has 3 rings (SSSR count). The second kappa shape index (κ2) is 5.59. The first-order valence-electron chi connectivity index (χ1n) is 7.04. The van der Waals surface area contributed by atoms with Gasteiger partial charge >= 0.3 is 0 Å². The predicted octanol–water partition coefficient (Wildman–Crippen LogP) is 1.01. The summed E-state index contributed by atoms with van der Waals surface area (Å²) in [5.74, 6) is 0.371. The molecule has 2 heterocycles. The SMILES string of the molecule is N#CCCN(C(=O)c1noc(C2CCCN2)n1)C1CC1. The van der Waals surface area contributed by atoms with Crippen LogP contribution in [0.3, 0.4) is 0 Å². The highest BCUT2D eigenvalue weighted by Gasteiger charge is 2.35. The normalized spacial score (nSPS) is 21.6. The number of amides is 1. The molecule has 1 saturated heterocycles. The maximum atomic E-state index is 12.4. The molecule has 1 atom stereocenters. The summed E-state index contributed by atoms with van der Waals surface area (Å²) < 4.78 is 5.19. The molecule has 1 N–H and O–H groups in total.